The predicted molar refractivity (Wildman–Crippen MR) is 112 cm³/mol. The van der Waals surface area contributed by atoms with E-state index < -0.39 is 10.0 Å². The van der Waals surface area contributed by atoms with Gasteiger partial charge in [-0.1, -0.05) is 50.2 Å². The molecule has 6 nitrogen and oxygen atoms in total. The molecule has 0 fully saturated rings. The van der Waals surface area contributed by atoms with Crippen molar-refractivity contribution >= 4 is 21.6 Å². The Kier molecular flexibility index (Phi) is 7.07. The molecule has 0 saturated heterocycles. The van der Waals surface area contributed by atoms with Crippen molar-refractivity contribution in [3.05, 3.63) is 59.7 Å². The number of benzene rings is 2. The fourth-order valence-electron chi connectivity index (χ4n) is 3.00. The van der Waals surface area contributed by atoms with Gasteiger partial charge in [0.1, 0.15) is 12.3 Å². The maximum absolute atomic E-state index is 12.8. The second kappa shape index (κ2) is 9.10. The highest BCUT2D eigenvalue weighted by Gasteiger charge is 2.25. The number of amides is 1. The van der Waals surface area contributed by atoms with Crippen LogP contribution in [-0.2, 0) is 21.4 Å². The highest BCUT2D eigenvalue weighted by atomic mass is 32.2. The lowest BCUT2D eigenvalue weighted by molar-refractivity contribution is -0.128. The lowest BCUT2D eigenvalue weighted by Gasteiger charge is -2.28. The van der Waals surface area contributed by atoms with Gasteiger partial charge in [0.2, 0.25) is 15.9 Å². The van der Waals surface area contributed by atoms with E-state index in [1.54, 1.807) is 26.3 Å². The Balaban J connectivity index is 2.27. The first-order chi connectivity index (χ1) is 13.1. The highest BCUT2D eigenvalue weighted by molar-refractivity contribution is 7.92. The van der Waals surface area contributed by atoms with Gasteiger partial charge >= 0.3 is 0 Å². The van der Waals surface area contributed by atoms with E-state index >= 15 is 0 Å². The zero-order valence-electron chi connectivity index (χ0n) is 17.0. The van der Waals surface area contributed by atoms with Crippen LogP contribution in [0.25, 0.3) is 0 Å². The van der Waals surface area contributed by atoms with Gasteiger partial charge < -0.3 is 9.64 Å². The van der Waals surface area contributed by atoms with Crippen LogP contribution in [0.3, 0.4) is 0 Å². The summed E-state index contributed by atoms with van der Waals surface area (Å²) in [5.41, 5.74) is 2.28. The number of methoxy groups -OCH3 is 1. The summed E-state index contributed by atoms with van der Waals surface area (Å²) >= 11 is 0. The molecule has 0 radical (unpaired) electrons. The summed E-state index contributed by atoms with van der Waals surface area (Å²) in [6.45, 7) is 4.06. The number of anilines is 1. The van der Waals surface area contributed by atoms with Gasteiger partial charge in [-0.15, -0.1) is 0 Å². The zero-order valence-corrected chi connectivity index (χ0v) is 17.9. The maximum atomic E-state index is 12.8. The molecule has 0 atom stereocenters. The van der Waals surface area contributed by atoms with Gasteiger partial charge in [0.25, 0.3) is 0 Å². The first kappa shape index (κ1) is 21.8. The number of hydrogen-bond donors (Lipinski definition) is 0. The van der Waals surface area contributed by atoms with Gasteiger partial charge in [0.15, 0.2) is 0 Å². The molecule has 2 rings (SSSR count). The third-order valence-electron chi connectivity index (χ3n) is 4.53. The summed E-state index contributed by atoms with van der Waals surface area (Å²) in [5, 5.41) is 0. The fraction of sp³-hybridized carbons (Fsp3) is 0.381. The second-order valence-electron chi connectivity index (χ2n) is 7.04. The molecular formula is C21H28N2O4S. The second-order valence-corrected chi connectivity index (χ2v) is 8.95. The monoisotopic (exact) mass is 404 g/mol. The van der Waals surface area contributed by atoms with Crippen molar-refractivity contribution in [2.24, 2.45) is 0 Å². The molecule has 0 saturated carbocycles. The summed E-state index contributed by atoms with van der Waals surface area (Å²) in [6, 6.07) is 14.7. The summed E-state index contributed by atoms with van der Waals surface area (Å²) < 4.78 is 31.4. The smallest absolute Gasteiger partial charge is 0.243 e. The third-order valence-corrected chi connectivity index (χ3v) is 5.66. The lowest BCUT2D eigenvalue weighted by atomic mass is 10.0. The van der Waals surface area contributed by atoms with E-state index in [0.29, 0.717) is 18.0 Å². The van der Waals surface area contributed by atoms with E-state index in [9.17, 15) is 13.2 Å². The van der Waals surface area contributed by atoms with E-state index in [1.165, 1.54) is 9.21 Å². The molecule has 0 heterocycles. The van der Waals surface area contributed by atoms with Gasteiger partial charge in [-0.25, -0.2) is 8.42 Å². The number of carbonyl (C=O) groups excluding carboxylic acids is 1. The Bertz CT molecular complexity index is 926. The summed E-state index contributed by atoms with van der Waals surface area (Å²) in [7, 11) is -0.393. The van der Waals surface area contributed by atoms with Crippen molar-refractivity contribution in [3.8, 4) is 5.75 Å². The van der Waals surface area contributed by atoms with Crippen molar-refractivity contribution < 1.29 is 17.9 Å². The van der Waals surface area contributed by atoms with E-state index in [2.05, 4.69) is 0 Å². The minimum absolute atomic E-state index is 0.127. The molecule has 7 heteroatoms. The van der Waals surface area contributed by atoms with Crippen molar-refractivity contribution in [1.82, 2.24) is 4.90 Å². The van der Waals surface area contributed by atoms with Crippen molar-refractivity contribution in [2.75, 3.05) is 31.3 Å². The summed E-state index contributed by atoms with van der Waals surface area (Å²) in [4.78, 5) is 14.3. The molecule has 0 bridgehead atoms. The van der Waals surface area contributed by atoms with Gasteiger partial charge in [-0.3, -0.25) is 9.10 Å². The van der Waals surface area contributed by atoms with Gasteiger partial charge in [0, 0.05) is 19.2 Å². The molecule has 0 aliphatic rings. The molecule has 0 spiro atoms. The van der Waals surface area contributed by atoms with Crippen LogP contribution in [0.5, 0.6) is 5.75 Å². The molecular weight excluding hydrogens is 376 g/mol. The molecule has 2 aromatic carbocycles. The summed E-state index contributed by atoms with van der Waals surface area (Å²) in [5.74, 6) is 0.518. The van der Waals surface area contributed by atoms with Crippen molar-refractivity contribution in [2.45, 2.75) is 26.3 Å². The SMILES string of the molecule is COc1ccccc1CN(C)C(=O)CN(c1ccccc1C(C)C)S(C)(=O)=O. The third kappa shape index (κ3) is 5.25. The van der Waals surface area contributed by atoms with Gasteiger partial charge in [-0.2, -0.15) is 0 Å². The van der Waals surface area contributed by atoms with Crippen LogP contribution in [0.4, 0.5) is 5.69 Å². The quantitative estimate of drug-likeness (QED) is 0.677. The number of carbonyl (C=O) groups is 1. The van der Waals surface area contributed by atoms with Crippen LogP contribution < -0.4 is 9.04 Å². The molecule has 0 unspecified atom stereocenters. The van der Waals surface area contributed by atoms with E-state index in [0.717, 1.165) is 17.4 Å². The number of rotatable bonds is 8. The largest absolute Gasteiger partial charge is 0.496 e. The number of nitrogens with zero attached hydrogens (tertiary/aromatic N) is 2. The van der Waals surface area contributed by atoms with E-state index in [4.69, 9.17) is 4.74 Å². The molecule has 152 valence electrons. The molecule has 28 heavy (non-hydrogen) atoms. The van der Waals surface area contributed by atoms with Crippen LogP contribution in [0, 0.1) is 0 Å². The fourth-order valence-corrected chi connectivity index (χ4v) is 3.87. The Labute approximate surface area is 167 Å². The molecule has 1 amide bonds. The Morgan fingerprint density at radius 3 is 2.29 bits per heavy atom. The number of hydrogen-bond acceptors (Lipinski definition) is 4. The molecule has 0 N–H and O–H groups in total. The van der Waals surface area contributed by atoms with Gasteiger partial charge in [-0.05, 0) is 23.6 Å². The van der Waals surface area contributed by atoms with Crippen molar-refractivity contribution in [1.29, 1.82) is 0 Å². The highest BCUT2D eigenvalue weighted by Crippen LogP contribution is 2.29. The average molecular weight is 405 g/mol. The number of para-hydroxylation sites is 2. The minimum Gasteiger partial charge on any atom is -0.496 e. The minimum atomic E-state index is -3.63. The molecule has 0 aliphatic heterocycles. The van der Waals surface area contributed by atoms with E-state index in [1.807, 2.05) is 50.2 Å². The first-order valence-electron chi connectivity index (χ1n) is 9.07. The number of sulfonamides is 1. The average Bonchev–Trinajstić information content (AvgIpc) is 2.65. The number of ether oxygens (including phenoxy) is 1. The first-order valence-corrected chi connectivity index (χ1v) is 10.9. The van der Waals surface area contributed by atoms with Crippen LogP contribution >= 0.6 is 0 Å². The predicted octanol–water partition coefficient (Wildman–Crippen LogP) is 3.24. The lowest BCUT2D eigenvalue weighted by Crippen LogP contribution is -2.41. The zero-order chi connectivity index (χ0) is 20.9. The van der Waals surface area contributed by atoms with Crippen LogP contribution in [0.1, 0.15) is 30.9 Å². The van der Waals surface area contributed by atoms with Gasteiger partial charge in [0.05, 0.1) is 19.1 Å². The summed E-state index contributed by atoms with van der Waals surface area (Å²) in [6.07, 6.45) is 1.12. The molecule has 0 aliphatic carbocycles. The van der Waals surface area contributed by atoms with Crippen LogP contribution in [-0.4, -0.2) is 46.2 Å². The van der Waals surface area contributed by atoms with Crippen LogP contribution in [0.2, 0.25) is 0 Å². The molecule has 0 aromatic heterocycles. The van der Waals surface area contributed by atoms with Crippen LogP contribution in [0.15, 0.2) is 48.5 Å². The Morgan fingerprint density at radius 2 is 1.68 bits per heavy atom. The van der Waals surface area contributed by atoms with Crippen molar-refractivity contribution in [3.63, 3.8) is 0 Å². The topological polar surface area (TPSA) is 66.9 Å². The Hall–Kier alpha value is -2.54. The standard InChI is InChI=1S/C21H28N2O4S/c1-16(2)18-11-7-8-12-19(18)23(28(5,25)26)15-21(24)22(3)14-17-10-6-9-13-20(17)27-4/h6-13,16H,14-15H2,1-5H3. The van der Waals surface area contributed by atoms with E-state index in [-0.39, 0.29) is 18.4 Å². The normalized spacial score (nSPS) is 11.4. The Morgan fingerprint density at radius 1 is 1.07 bits per heavy atom. The molecule has 2 aromatic rings. The maximum Gasteiger partial charge on any atom is 0.243 e. The number of likely N-dealkylation sites (N-methyl/N-ethyl adjacent to an activating group) is 1.